The number of rotatable bonds is 0. The molecule has 0 atom stereocenters. The average Bonchev–Trinajstić information content (AvgIpc) is 2.46. The molecule has 7 heteroatoms. The standard InChI is InChI=1S/C14H13F3N2O2/c15-14(16,17)9-2-1-3-10-11(9)19-13(20)12(21-10)8-4-6-18-7-5-8/h1-3,18H,4-7H2,(H,19,20). The zero-order valence-corrected chi connectivity index (χ0v) is 11.0. The summed E-state index contributed by atoms with van der Waals surface area (Å²) in [5.41, 5.74) is -0.384. The number of piperidine rings is 1. The van der Waals surface area contributed by atoms with Crippen molar-refractivity contribution in [3.05, 3.63) is 35.1 Å². The smallest absolute Gasteiger partial charge is 0.418 e. The molecule has 4 nitrogen and oxygen atoms in total. The van der Waals surface area contributed by atoms with Gasteiger partial charge in [0.2, 0.25) is 0 Å². The normalized spacial score (nSPS) is 18.9. The summed E-state index contributed by atoms with van der Waals surface area (Å²) in [5, 5.41) is 5.47. The molecular weight excluding hydrogens is 285 g/mol. The van der Waals surface area contributed by atoms with Crippen molar-refractivity contribution in [3.63, 3.8) is 0 Å². The third kappa shape index (κ3) is 2.61. The van der Waals surface area contributed by atoms with Crippen LogP contribution in [0, 0.1) is 0 Å². The number of halogens is 3. The van der Waals surface area contributed by atoms with Crippen molar-refractivity contribution in [2.24, 2.45) is 0 Å². The fourth-order valence-corrected chi connectivity index (χ4v) is 2.50. The Bertz CT molecular complexity index is 615. The van der Waals surface area contributed by atoms with Gasteiger partial charge in [-0.3, -0.25) is 4.79 Å². The van der Waals surface area contributed by atoms with Crippen molar-refractivity contribution in [2.75, 3.05) is 18.4 Å². The summed E-state index contributed by atoms with van der Waals surface area (Å²) >= 11 is 0. The van der Waals surface area contributed by atoms with E-state index in [-0.39, 0.29) is 17.2 Å². The van der Waals surface area contributed by atoms with Gasteiger partial charge in [-0.05, 0) is 43.6 Å². The van der Waals surface area contributed by atoms with Crippen molar-refractivity contribution >= 4 is 11.6 Å². The molecule has 0 bridgehead atoms. The molecule has 0 unspecified atom stereocenters. The van der Waals surface area contributed by atoms with E-state index in [0.717, 1.165) is 24.7 Å². The molecule has 1 aromatic rings. The van der Waals surface area contributed by atoms with Gasteiger partial charge in [-0.2, -0.15) is 13.2 Å². The molecule has 3 rings (SSSR count). The van der Waals surface area contributed by atoms with Crippen LogP contribution in [0.2, 0.25) is 0 Å². The lowest BCUT2D eigenvalue weighted by Gasteiger charge is -2.26. The molecule has 1 fully saturated rings. The van der Waals surface area contributed by atoms with E-state index in [1.165, 1.54) is 12.1 Å². The summed E-state index contributed by atoms with van der Waals surface area (Å²) < 4.78 is 44.2. The first-order chi connectivity index (χ1) is 9.97. The van der Waals surface area contributed by atoms with Crippen LogP contribution in [0.25, 0.3) is 0 Å². The van der Waals surface area contributed by atoms with Crippen LogP contribution in [-0.4, -0.2) is 19.0 Å². The highest BCUT2D eigenvalue weighted by Crippen LogP contribution is 2.42. The zero-order chi connectivity index (χ0) is 15.0. The second-order valence-electron chi connectivity index (χ2n) is 4.92. The monoisotopic (exact) mass is 298 g/mol. The topological polar surface area (TPSA) is 50.4 Å². The molecule has 1 amide bonds. The summed E-state index contributed by atoms with van der Waals surface area (Å²) in [5.74, 6) is -0.454. The van der Waals surface area contributed by atoms with E-state index in [9.17, 15) is 18.0 Å². The molecule has 0 aromatic heterocycles. The highest BCUT2D eigenvalue weighted by Gasteiger charge is 2.38. The largest absolute Gasteiger partial charge is 0.449 e. The molecule has 0 saturated carbocycles. The second-order valence-corrected chi connectivity index (χ2v) is 4.92. The van der Waals surface area contributed by atoms with E-state index in [1.54, 1.807) is 0 Å². The Morgan fingerprint density at radius 3 is 2.52 bits per heavy atom. The Balaban J connectivity index is 2.02. The number of hydrogen-bond acceptors (Lipinski definition) is 3. The fraction of sp³-hybridized carbons (Fsp3) is 0.357. The summed E-state index contributed by atoms with van der Waals surface area (Å²) in [6.45, 7) is 1.45. The van der Waals surface area contributed by atoms with Gasteiger partial charge in [0.1, 0.15) is 0 Å². The number of carbonyl (C=O) groups is 1. The van der Waals surface area contributed by atoms with E-state index in [4.69, 9.17) is 4.74 Å². The Morgan fingerprint density at radius 1 is 1.14 bits per heavy atom. The van der Waals surface area contributed by atoms with Gasteiger partial charge in [-0.25, -0.2) is 0 Å². The first-order valence-electron chi connectivity index (χ1n) is 6.59. The molecule has 112 valence electrons. The maximum absolute atomic E-state index is 12.9. The first-order valence-corrected chi connectivity index (χ1v) is 6.59. The predicted octanol–water partition coefficient (Wildman–Crippen LogP) is 2.67. The van der Waals surface area contributed by atoms with Gasteiger partial charge in [0.05, 0.1) is 11.3 Å². The molecule has 2 aliphatic heterocycles. The Kier molecular flexibility index (Phi) is 3.36. The molecule has 1 saturated heterocycles. The third-order valence-electron chi connectivity index (χ3n) is 3.52. The summed E-state index contributed by atoms with van der Waals surface area (Å²) in [7, 11) is 0. The molecule has 2 N–H and O–H groups in total. The van der Waals surface area contributed by atoms with Gasteiger partial charge in [-0.1, -0.05) is 6.07 Å². The molecule has 0 spiro atoms. The van der Waals surface area contributed by atoms with E-state index in [1.807, 2.05) is 0 Å². The number of para-hydroxylation sites is 1. The second kappa shape index (κ2) is 5.07. The molecule has 21 heavy (non-hydrogen) atoms. The molecule has 2 aliphatic rings. The molecular formula is C14H13F3N2O2. The van der Waals surface area contributed by atoms with Crippen LogP contribution >= 0.6 is 0 Å². The van der Waals surface area contributed by atoms with E-state index >= 15 is 0 Å². The van der Waals surface area contributed by atoms with Crippen LogP contribution in [0.15, 0.2) is 29.5 Å². The van der Waals surface area contributed by atoms with Gasteiger partial charge >= 0.3 is 6.18 Å². The van der Waals surface area contributed by atoms with E-state index in [2.05, 4.69) is 10.6 Å². The maximum atomic E-state index is 12.9. The number of hydrogen-bond donors (Lipinski definition) is 2. The zero-order valence-electron chi connectivity index (χ0n) is 11.0. The van der Waals surface area contributed by atoms with Crippen LogP contribution in [0.4, 0.5) is 18.9 Å². The molecule has 0 aliphatic carbocycles. The minimum absolute atomic E-state index is 0.0328. The SMILES string of the molecule is O=C1Nc2c(cccc2C(F)(F)F)OC1=C1CCNCC1. The van der Waals surface area contributed by atoms with Gasteiger partial charge < -0.3 is 15.4 Å². The Morgan fingerprint density at radius 2 is 1.86 bits per heavy atom. The number of anilines is 1. The Labute approximate surface area is 119 Å². The summed E-state index contributed by atoms with van der Waals surface area (Å²) in [4.78, 5) is 12.1. The average molecular weight is 298 g/mol. The Hall–Kier alpha value is -2.02. The number of amides is 1. The number of carbonyl (C=O) groups excluding carboxylic acids is 1. The highest BCUT2D eigenvalue weighted by molar-refractivity contribution is 6.06. The lowest BCUT2D eigenvalue weighted by molar-refractivity contribution is -0.137. The van der Waals surface area contributed by atoms with E-state index < -0.39 is 17.6 Å². The minimum atomic E-state index is -4.54. The number of alkyl halides is 3. The van der Waals surface area contributed by atoms with Crippen molar-refractivity contribution in [2.45, 2.75) is 19.0 Å². The summed E-state index contributed by atoms with van der Waals surface area (Å²) in [6, 6.07) is 3.61. The van der Waals surface area contributed by atoms with Gasteiger partial charge in [0.15, 0.2) is 11.5 Å². The van der Waals surface area contributed by atoms with Gasteiger partial charge in [0.25, 0.3) is 5.91 Å². The quantitative estimate of drug-likeness (QED) is 0.724. The van der Waals surface area contributed by atoms with Crippen LogP contribution in [-0.2, 0) is 11.0 Å². The van der Waals surface area contributed by atoms with Gasteiger partial charge in [0, 0.05) is 0 Å². The lowest BCUT2D eigenvalue weighted by atomic mass is 10.0. The third-order valence-corrected chi connectivity index (χ3v) is 3.52. The maximum Gasteiger partial charge on any atom is 0.418 e. The van der Waals surface area contributed by atoms with Crippen molar-refractivity contribution in [3.8, 4) is 5.75 Å². The predicted molar refractivity (Wildman–Crippen MR) is 69.8 cm³/mol. The van der Waals surface area contributed by atoms with Crippen molar-refractivity contribution in [1.82, 2.24) is 5.32 Å². The lowest BCUT2D eigenvalue weighted by Crippen LogP contribution is -2.31. The van der Waals surface area contributed by atoms with Crippen LogP contribution in [0.5, 0.6) is 5.75 Å². The molecule has 1 aromatic carbocycles. The highest BCUT2D eigenvalue weighted by atomic mass is 19.4. The van der Waals surface area contributed by atoms with Crippen molar-refractivity contribution < 1.29 is 22.7 Å². The van der Waals surface area contributed by atoms with Crippen LogP contribution < -0.4 is 15.4 Å². The van der Waals surface area contributed by atoms with Crippen LogP contribution in [0.1, 0.15) is 18.4 Å². The number of nitrogens with one attached hydrogen (secondary N) is 2. The number of fused-ring (bicyclic) bond motifs is 1. The van der Waals surface area contributed by atoms with E-state index in [0.29, 0.717) is 12.8 Å². The van der Waals surface area contributed by atoms with Gasteiger partial charge in [-0.15, -0.1) is 0 Å². The molecule has 2 heterocycles. The first kappa shape index (κ1) is 13.9. The number of ether oxygens (including phenoxy) is 1. The fourth-order valence-electron chi connectivity index (χ4n) is 2.50. The van der Waals surface area contributed by atoms with Crippen LogP contribution in [0.3, 0.4) is 0 Å². The van der Waals surface area contributed by atoms with Crippen molar-refractivity contribution in [1.29, 1.82) is 0 Å². The minimum Gasteiger partial charge on any atom is -0.449 e. The summed E-state index contributed by atoms with van der Waals surface area (Å²) in [6.07, 6.45) is -3.24. The molecule has 0 radical (unpaired) electrons. The number of benzene rings is 1.